The molecule has 0 aliphatic carbocycles. The number of hydrogen-bond donors (Lipinski definition) is 0. The SMILES string of the molecule is CCn1c(CN(C)C(=O)Cn2c3ccccc3c(=O)c3ccccc32)nc2ccccc21. The number of fused-ring (bicyclic) bond motifs is 3. The minimum atomic E-state index is -0.0429. The van der Waals surface area contributed by atoms with Crippen LogP contribution < -0.4 is 5.43 Å². The summed E-state index contributed by atoms with van der Waals surface area (Å²) in [6.45, 7) is 3.42. The van der Waals surface area contributed by atoms with Gasteiger partial charge < -0.3 is 14.0 Å². The Balaban J connectivity index is 1.51. The van der Waals surface area contributed by atoms with Crippen molar-refractivity contribution in [1.82, 2.24) is 19.0 Å². The lowest BCUT2D eigenvalue weighted by atomic mass is 10.1. The summed E-state index contributed by atoms with van der Waals surface area (Å²) in [6.07, 6.45) is 0. The molecular formula is C26H24N4O2. The van der Waals surface area contributed by atoms with Gasteiger partial charge in [-0.1, -0.05) is 36.4 Å². The number of likely N-dealkylation sites (N-methyl/N-ethyl adjacent to an activating group) is 1. The largest absolute Gasteiger partial charge is 0.337 e. The van der Waals surface area contributed by atoms with Gasteiger partial charge in [0.15, 0.2) is 5.43 Å². The minimum Gasteiger partial charge on any atom is -0.337 e. The van der Waals surface area contributed by atoms with E-state index in [-0.39, 0.29) is 17.9 Å². The zero-order valence-corrected chi connectivity index (χ0v) is 18.2. The van der Waals surface area contributed by atoms with Crippen LogP contribution in [0.3, 0.4) is 0 Å². The van der Waals surface area contributed by atoms with Crippen LogP contribution in [0.2, 0.25) is 0 Å². The van der Waals surface area contributed by atoms with Gasteiger partial charge in [0.25, 0.3) is 0 Å². The molecule has 6 heteroatoms. The molecule has 6 nitrogen and oxygen atoms in total. The maximum Gasteiger partial charge on any atom is 0.242 e. The number of nitrogens with zero attached hydrogens (tertiary/aromatic N) is 4. The first-order valence-corrected chi connectivity index (χ1v) is 10.8. The number of hydrogen-bond acceptors (Lipinski definition) is 3. The van der Waals surface area contributed by atoms with Crippen LogP contribution >= 0.6 is 0 Å². The Labute approximate surface area is 185 Å². The molecule has 0 spiro atoms. The summed E-state index contributed by atoms with van der Waals surface area (Å²) in [7, 11) is 1.80. The van der Waals surface area contributed by atoms with Crippen molar-refractivity contribution in [2.75, 3.05) is 7.05 Å². The lowest BCUT2D eigenvalue weighted by Crippen LogP contribution is -2.31. The second-order valence-electron chi connectivity index (χ2n) is 7.96. The van der Waals surface area contributed by atoms with Crippen molar-refractivity contribution in [3.63, 3.8) is 0 Å². The van der Waals surface area contributed by atoms with Crippen molar-refractivity contribution >= 4 is 38.7 Å². The van der Waals surface area contributed by atoms with Crippen LogP contribution in [-0.2, 0) is 24.4 Å². The Kier molecular flexibility index (Phi) is 4.98. The highest BCUT2D eigenvalue weighted by atomic mass is 16.2. The Morgan fingerprint density at radius 1 is 0.844 bits per heavy atom. The van der Waals surface area contributed by atoms with Gasteiger partial charge in [-0.3, -0.25) is 9.59 Å². The summed E-state index contributed by atoms with van der Waals surface area (Å²) < 4.78 is 4.08. The van der Waals surface area contributed by atoms with Crippen molar-refractivity contribution in [3.05, 3.63) is 88.8 Å². The Hall–Kier alpha value is -3.93. The molecule has 1 amide bonds. The molecule has 2 heterocycles. The van der Waals surface area contributed by atoms with Crippen LogP contribution in [0.5, 0.6) is 0 Å². The zero-order chi connectivity index (χ0) is 22.2. The number of amides is 1. The summed E-state index contributed by atoms with van der Waals surface area (Å²) in [5, 5.41) is 1.24. The highest BCUT2D eigenvalue weighted by Crippen LogP contribution is 2.20. The van der Waals surface area contributed by atoms with Crippen molar-refractivity contribution in [3.8, 4) is 0 Å². The maximum absolute atomic E-state index is 13.3. The molecule has 0 unspecified atom stereocenters. The average Bonchev–Trinajstić information content (AvgIpc) is 3.18. The summed E-state index contributed by atoms with van der Waals surface area (Å²) in [5.41, 5.74) is 3.52. The first-order valence-electron chi connectivity index (χ1n) is 10.8. The van der Waals surface area contributed by atoms with E-state index in [1.807, 2.05) is 71.3 Å². The van der Waals surface area contributed by atoms with Gasteiger partial charge >= 0.3 is 0 Å². The van der Waals surface area contributed by atoms with Crippen LogP contribution in [0.4, 0.5) is 0 Å². The van der Waals surface area contributed by atoms with Crippen LogP contribution in [-0.4, -0.2) is 32.0 Å². The van der Waals surface area contributed by atoms with E-state index in [0.717, 1.165) is 34.4 Å². The van der Waals surface area contributed by atoms with Crippen molar-refractivity contribution in [1.29, 1.82) is 0 Å². The first-order chi connectivity index (χ1) is 15.6. The summed E-state index contributed by atoms with van der Waals surface area (Å²) in [5.74, 6) is 0.817. The van der Waals surface area contributed by atoms with Crippen molar-refractivity contribution in [2.24, 2.45) is 0 Å². The molecule has 160 valence electrons. The third-order valence-corrected chi connectivity index (χ3v) is 6.03. The summed E-state index contributed by atoms with van der Waals surface area (Å²) >= 11 is 0. The quantitative estimate of drug-likeness (QED) is 0.398. The molecule has 0 atom stereocenters. The number of rotatable bonds is 5. The van der Waals surface area contributed by atoms with Gasteiger partial charge in [-0.05, 0) is 43.3 Å². The molecule has 0 saturated carbocycles. The molecule has 0 aliphatic rings. The lowest BCUT2D eigenvalue weighted by Gasteiger charge is -2.20. The van der Waals surface area contributed by atoms with Gasteiger partial charge in [-0.2, -0.15) is 0 Å². The Morgan fingerprint density at radius 2 is 1.41 bits per heavy atom. The van der Waals surface area contributed by atoms with Crippen LogP contribution in [0, 0.1) is 0 Å². The molecule has 3 aromatic carbocycles. The Morgan fingerprint density at radius 3 is 2.03 bits per heavy atom. The van der Waals surface area contributed by atoms with Crippen molar-refractivity contribution < 1.29 is 4.79 Å². The molecule has 0 radical (unpaired) electrons. The molecule has 0 aliphatic heterocycles. The number of benzene rings is 3. The summed E-state index contributed by atoms with van der Waals surface area (Å²) in [4.78, 5) is 32.7. The van der Waals surface area contributed by atoms with Crippen LogP contribution in [0.25, 0.3) is 32.8 Å². The standard InChI is InChI=1S/C26H24N4O2/c1-3-29-23-15-9-6-12-20(23)27-24(29)16-28(2)25(31)17-30-21-13-7-4-10-18(21)26(32)19-11-5-8-14-22(19)30/h4-15H,3,16-17H2,1-2H3. The first kappa shape index (κ1) is 20.0. The monoisotopic (exact) mass is 424 g/mol. The predicted octanol–water partition coefficient (Wildman–Crippen LogP) is 4.18. The molecule has 0 bridgehead atoms. The second kappa shape index (κ2) is 7.96. The van der Waals surface area contributed by atoms with E-state index in [9.17, 15) is 9.59 Å². The topological polar surface area (TPSA) is 60.1 Å². The number of carbonyl (C=O) groups excluding carboxylic acids is 1. The van der Waals surface area contributed by atoms with E-state index >= 15 is 0 Å². The second-order valence-corrected chi connectivity index (χ2v) is 7.96. The van der Waals surface area contributed by atoms with E-state index in [1.165, 1.54) is 0 Å². The number of pyridine rings is 1. The number of aromatic nitrogens is 3. The van der Waals surface area contributed by atoms with Gasteiger partial charge in [0.1, 0.15) is 12.4 Å². The van der Waals surface area contributed by atoms with Crippen LogP contribution in [0.1, 0.15) is 12.7 Å². The van der Waals surface area contributed by atoms with Gasteiger partial charge in [-0.15, -0.1) is 0 Å². The highest BCUT2D eigenvalue weighted by Gasteiger charge is 2.18. The predicted molar refractivity (Wildman–Crippen MR) is 128 cm³/mol. The molecule has 5 aromatic rings. The Bertz CT molecular complexity index is 1470. The third kappa shape index (κ3) is 3.24. The fourth-order valence-corrected chi connectivity index (χ4v) is 4.40. The fraction of sp³-hybridized carbons (Fsp3) is 0.192. The molecule has 32 heavy (non-hydrogen) atoms. The van der Waals surface area contributed by atoms with Gasteiger partial charge in [-0.25, -0.2) is 4.98 Å². The number of para-hydroxylation sites is 4. The number of carbonyl (C=O) groups is 1. The molecule has 0 fully saturated rings. The van der Waals surface area contributed by atoms with Crippen LogP contribution in [0.15, 0.2) is 77.6 Å². The van der Waals surface area contributed by atoms with Crippen molar-refractivity contribution in [2.45, 2.75) is 26.6 Å². The fourth-order valence-electron chi connectivity index (χ4n) is 4.40. The summed E-state index contributed by atoms with van der Waals surface area (Å²) in [6, 6.07) is 22.9. The molecule has 5 rings (SSSR count). The third-order valence-electron chi connectivity index (χ3n) is 6.03. The van der Waals surface area contributed by atoms with E-state index in [2.05, 4.69) is 17.6 Å². The molecular weight excluding hydrogens is 400 g/mol. The molecule has 2 aromatic heterocycles. The lowest BCUT2D eigenvalue weighted by molar-refractivity contribution is -0.131. The van der Waals surface area contributed by atoms with E-state index < -0.39 is 0 Å². The molecule has 0 N–H and O–H groups in total. The molecule has 0 saturated heterocycles. The minimum absolute atomic E-state index is 0.00934. The van der Waals surface area contributed by atoms with E-state index in [0.29, 0.717) is 17.3 Å². The van der Waals surface area contributed by atoms with E-state index in [4.69, 9.17) is 4.98 Å². The zero-order valence-electron chi connectivity index (χ0n) is 18.2. The van der Waals surface area contributed by atoms with Gasteiger partial charge in [0.2, 0.25) is 5.91 Å². The number of aryl methyl sites for hydroxylation is 1. The van der Waals surface area contributed by atoms with E-state index in [1.54, 1.807) is 11.9 Å². The average molecular weight is 425 g/mol. The smallest absolute Gasteiger partial charge is 0.242 e. The maximum atomic E-state index is 13.3. The number of imidazole rings is 1. The highest BCUT2D eigenvalue weighted by molar-refractivity contribution is 5.94. The van der Waals surface area contributed by atoms with Gasteiger partial charge in [0, 0.05) is 24.4 Å². The van der Waals surface area contributed by atoms with Gasteiger partial charge in [0.05, 0.1) is 28.6 Å². The normalized spacial score (nSPS) is 11.4.